The van der Waals surface area contributed by atoms with Gasteiger partial charge in [0.1, 0.15) is 29.8 Å². The zero-order valence-corrected chi connectivity index (χ0v) is 17.8. The van der Waals surface area contributed by atoms with E-state index in [9.17, 15) is 4.79 Å². The van der Waals surface area contributed by atoms with Crippen LogP contribution in [0.5, 0.6) is 23.0 Å². The third-order valence-electron chi connectivity index (χ3n) is 4.78. The Balaban J connectivity index is 1.67. The highest BCUT2D eigenvalue weighted by Crippen LogP contribution is 2.31. The molecule has 1 amide bonds. The molecule has 1 aliphatic heterocycles. The van der Waals surface area contributed by atoms with Crippen molar-refractivity contribution < 1.29 is 23.7 Å². The molecule has 0 bridgehead atoms. The molecule has 0 fully saturated rings. The van der Waals surface area contributed by atoms with Gasteiger partial charge in [-0.05, 0) is 37.1 Å². The van der Waals surface area contributed by atoms with Crippen molar-refractivity contribution >= 4 is 5.91 Å². The maximum absolute atomic E-state index is 13.1. The maximum Gasteiger partial charge on any atom is 0.258 e. The van der Waals surface area contributed by atoms with E-state index in [1.807, 2.05) is 42.5 Å². The molecule has 0 aromatic heterocycles. The summed E-state index contributed by atoms with van der Waals surface area (Å²) < 4.78 is 23.4. The minimum Gasteiger partial charge on any atom is -0.493 e. The predicted octanol–water partition coefficient (Wildman–Crippen LogP) is 4.61. The number of benzene rings is 2. The van der Waals surface area contributed by atoms with Crippen LogP contribution in [-0.4, -0.2) is 38.4 Å². The molecule has 0 saturated heterocycles. The average molecular weight is 414 g/mol. The molecule has 2 aromatic carbocycles. The van der Waals surface area contributed by atoms with Crippen molar-refractivity contribution in [1.82, 2.24) is 5.32 Å². The Bertz CT molecular complexity index is 795. The van der Waals surface area contributed by atoms with Crippen molar-refractivity contribution in [1.29, 1.82) is 0 Å². The van der Waals surface area contributed by atoms with Crippen LogP contribution in [0.25, 0.3) is 0 Å². The summed E-state index contributed by atoms with van der Waals surface area (Å²) in [5.41, 5.74) is 0.432. The summed E-state index contributed by atoms with van der Waals surface area (Å²) in [5.74, 6) is 2.26. The van der Waals surface area contributed by atoms with E-state index in [1.54, 1.807) is 0 Å². The average Bonchev–Trinajstić information content (AvgIpc) is 2.78. The van der Waals surface area contributed by atoms with Gasteiger partial charge in [-0.3, -0.25) is 4.79 Å². The molecule has 6 nitrogen and oxygen atoms in total. The molecule has 1 heterocycles. The highest BCUT2D eigenvalue weighted by Gasteiger charge is 2.24. The Kier molecular flexibility index (Phi) is 8.24. The first-order valence-corrected chi connectivity index (χ1v) is 10.8. The van der Waals surface area contributed by atoms with Gasteiger partial charge in [0.25, 0.3) is 5.91 Å². The Labute approximate surface area is 178 Å². The molecule has 1 aliphatic rings. The van der Waals surface area contributed by atoms with Crippen molar-refractivity contribution in [3.63, 3.8) is 0 Å². The highest BCUT2D eigenvalue weighted by molar-refractivity contribution is 5.99. The molecule has 0 spiro atoms. The Morgan fingerprint density at radius 1 is 0.967 bits per heavy atom. The van der Waals surface area contributed by atoms with E-state index in [-0.39, 0.29) is 12.0 Å². The number of rotatable bonds is 11. The quantitative estimate of drug-likeness (QED) is 0.545. The zero-order chi connectivity index (χ0) is 21.2. The third-order valence-corrected chi connectivity index (χ3v) is 4.78. The fraction of sp³-hybridized carbons (Fsp3) is 0.458. The summed E-state index contributed by atoms with van der Waals surface area (Å²) in [6.45, 7) is 6.03. The van der Waals surface area contributed by atoms with Crippen LogP contribution in [-0.2, 0) is 0 Å². The van der Waals surface area contributed by atoms with E-state index in [2.05, 4.69) is 19.2 Å². The van der Waals surface area contributed by atoms with Crippen molar-refractivity contribution in [2.75, 3.05) is 26.4 Å². The van der Waals surface area contributed by atoms with Crippen molar-refractivity contribution in [3.05, 3.63) is 48.0 Å². The highest BCUT2D eigenvalue weighted by atomic mass is 16.6. The number of carbonyl (C=O) groups excluding carboxylic acids is 1. The molecule has 1 N–H and O–H groups in total. The van der Waals surface area contributed by atoms with Crippen LogP contribution in [0.1, 0.15) is 49.9 Å². The first-order valence-electron chi connectivity index (χ1n) is 10.8. The van der Waals surface area contributed by atoms with Crippen LogP contribution >= 0.6 is 0 Å². The van der Waals surface area contributed by atoms with Gasteiger partial charge in [-0.25, -0.2) is 0 Å². The van der Waals surface area contributed by atoms with Gasteiger partial charge in [0.15, 0.2) is 11.5 Å². The van der Waals surface area contributed by atoms with E-state index in [0.29, 0.717) is 49.2 Å². The first-order chi connectivity index (χ1) is 14.7. The van der Waals surface area contributed by atoms with E-state index in [1.165, 1.54) is 0 Å². The van der Waals surface area contributed by atoms with Gasteiger partial charge < -0.3 is 24.3 Å². The standard InChI is InChI=1S/C24H31NO5/c1-3-5-14-27-21-12-9-13-22(28-15-6-4-2)23(21)24(26)25-16-18-17-29-19-10-7-8-11-20(19)30-18/h7-13,18H,3-6,14-17H2,1-2H3,(H,25,26)/t18-/m1/s1. The van der Waals surface area contributed by atoms with Crippen LogP contribution < -0.4 is 24.3 Å². The largest absolute Gasteiger partial charge is 0.493 e. The van der Waals surface area contributed by atoms with E-state index in [4.69, 9.17) is 18.9 Å². The van der Waals surface area contributed by atoms with Crippen LogP contribution in [0.2, 0.25) is 0 Å². The minimum atomic E-state index is -0.263. The predicted molar refractivity (Wildman–Crippen MR) is 116 cm³/mol. The maximum atomic E-state index is 13.1. The van der Waals surface area contributed by atoms with Crippen LogP contribution in [0.15, 0.2) is 42.5 Å². The Morgan fingerprint density at radius 2 is 1.60 bits per heavy atom. The number of fused-ring (bicyclic) bond motifs is 1. The number of unbranched alkanes of at least 4 members (excludes halogenated alkanes) is 2. The monoisotopic (exact) mass is 413 g/mol. The SMILES string of the molecule is CCCCOc1cccc(OCCCC)c1C(=O)NC[C@@H]1COc2ccccc2O1. The second-order valence-electron chi connectivity index (χ2n) is 7.24. The number of carbonyl (C=O) groups is 1. The number of para-hydroxylation sites is 2. The number of nitrogens with one attached hydrogen (secondary N) is 1. The Hall–Kier alpha value is -2.89. The molecular weight excluding hydrogens is 382 g/mol. The van der Waals surface area contributed by atoms with Crippen LogP contribution in [0.4, 0.5) is 0 Å². The molecule has 162 valence electrons. The van der Waals surface area contributed by atoms with Gasteiger partial charge in [0, 0.05) is 0 Å². The lowest BCUT2D eigenvalue weighted by Crippen LogP contribution is -2.40. The fourth-order valence-corrected chi connectivity index (χ4v) is 3.09. The summed E-state index contributed by atoms with van der Waals surface area (Å²) in [6.07, 6.45) is 3.63. The molecule has 2 aromatic rings. The minimum absolute atomic E-state index is 0.240. The molecule has 3 rings (SSSR count). The Morgan fingerprint density at radius 3 is 2.23 bits per heavy atom. The summed E-state index contributed by atoms with van der Waals surface area (Å²) in [4.78, 5) is 13.1. The summed E-state index contributed by atoms with van der Waals surface area (Å²) in [5, 5.41) is 2.96. The van der Waals surface area contributed by atoms with Gasteiger partial charge in [0.05, 0.1) is 19.8 Å². The normalized spacial score (nSPS) is 14.8. The fourth-order valence-electron chi connectivity index (χ4n) is 3.09. The van der Waals surface area contributed by atoms with Gasteiger partial charge >= 0.3 is 0 Å². The lowest BCUT2D eigenvalue weighted by Gasteiger charge is -2.26. The summed E-state index contributed by atoms with van der Waals surface area (Å²) >= 11 is 0. The first kappa shape index (κ1) is 21.8. The summed E-state index contributed by atoms with van der Waals surface area (Å²) in [7, 11) is 0. The molecular formula is C24H31NO5. The topological polar surface area (TPSA) is 66.0 Å². The van der Waals surface area contributed by atoms with E-state index in [0.717, 1.165) is 31.4 Å². The van der Waals surface area contributed by atoms with E-state index >= 15 is 0 Å². The molecule has 0 aliphatic carbocycles. The van der Waals surface area contributed by atoms with Crippen LogP contribution in [0, 0.1) is 0 Å². The lowest BCUT2D eigenvalue weighted by molar-refractivity contribution is 0.0784. The van der Waals surface area contributed by atoms with Crippen molar-refractivity contribution in [2.24, 2.45) is 0 Å². The molecule has 0 radical (unpaired) electrons. The van der Waals surface area contributed by atoms with Crippen molar-refractivity contribution in [2.45, 2.75) is 45.6 Å². The van der Waals surface area contributed by atoms with Crippen LogP contribution in [0.3, 0.4) is 0 Å². The smallest absolute Gasteiger partial charge is 0.258 e. The molecule has 0 unspecified atom stereocenters. The zero-order valence-electron chi connectivity index (χ0n) is 17.8. The number of ether oxygens (including phenoxy) is 4. The van der Waals surface area contributed by atoms with E-state index < -0.39 is 0 Å². The number of hydrogen-bond donors (Lipinski definition) is 1. The number of hydrogen-bond acceptors (Lipinski definition) is 5. The van der Waals surface area contributed by atoms with Gasteiger partial charge in [-0.15, -0.1) is 0 Å². The molecule has 30 heavy (non-hydrogen) atoms. The summed E-state index contributed by atoms with van der Waals surface area (Å²) in [6, 6.07) is 13.0. The third kappa shape index (κ3) is 5.81. The van der Waals surface area contributed by atoms with Gasteiger partial charge in [-0.2, -0.15) is 0 Å². The molecule has 0 saturated carbocycles. The van der Waals surface area contributed by atoms with Gasteiger partial charge in [-0.1, -0.05) is 44.9 Å². The molecule has 1 atom stereocenters. The van der Waals surface area contributed by atoms with Gasteiger partial charge in [0.2, 0.25) is 0 Å². The lowest BCUT2D eigenvalue weighted by atomic mass is 10.1. The second-order valence-corrected chi connectivity index (χ2v) is 7.24. The second kappa shape index (κ2) is 11.3. The molecule has 6 heteroatoms. The van der Waals surface area contributed by atoms with Crippen molar-refractivity contribution in [3.8, 4) is 23.0 Å². The number of amides is 1.